The number of halogens is 1. The van der Waals surface area contributed by atoms with Gasteiger partial charge in [-0.2, -0.15) is 0 Å². The third kappa shape index (κ3) is 3.74. The Morgan fingerprint density at radius 2 is 2.12 bits per heavy atom. The fourth-order valence-electron chi connectivity index (χ4n) is 2.59. The first kappa shape index (κ1) is 16.7. The molecule has 4 aromatic rings. The van der Waals surface area contributed by atoms with E-state index in [4.69, 9.17) is 11.6 Å². The number of rotatable bonds is 5. The van der Waals surface area contributed by atoms with E-state index in [0.717, 1.165) is 16.3 Å². The number of pyridine rings is 1. The van der Waals surface area contributed by atoms with Crippen LogP contribution in [0.1, 0.15) is 16.3 Å². The minimum atomic E-state index is -0.178. The number of amides is 1. The lowest BCUT2D eigenvalue weighted by molar-refractivity contribution is -0.115. The van der Waals surface area contributed by atoms with Gasteiger partial charge in [0.1, 0.15) is 0 Å². The number of hydrogen-bond donors (Lipinski definition) is 1. The summed E-state index contributed by atoms with van der Waals surface area (Å²) in [7, 11) is 0. The molecule has 0 radical (unpaired) electrons. The van der Waals surface area contributed by atoms with Crippen molar-refractivity contribution < 1.29 is 4.79 Å². The molecule has 1 aromatic carbocycles. The van der Waals surface area contributed by atoms with Crippen molar-refractivity contribution in [1.82, 2.24) is 19.6 Å². The monoisotopic (exact) mass is 383 g/mol. The van der Waals surface area contributed by atoms with Crippen LogP contribution in [0, 0.1) is 0 Å². The molecular weight excluding hydrogens is 370 g/mol. The van der Waals surface area contributed by atoms with Gasteiger partial charge in [-0.3, -0.25) is 14.5 Å². The molecule has 0 bridgehead atoms. The first-order chi connectivity index (χ1) is 12.7. The summed E-state index contributed by atoms with van der Waals surface area (Å²) in [5, 5.41) is 14.3. The van der Waals surface area contributed by atoms with E-state index in [9.17, 15) is 4.79 Å². The van der Waals surface area contributed by atoms with Gasteiger partial charge in [0.15, 0.2) is 5.65 Å². The molecule has 130 valence electrons. The van der Waals surface area contributed by atoms with E-state index >= 15 is 0 Å². The van der Waals surface area contributed by atoms with E-state index in [1.807, 2.05) is 47.8 Å². The number of benzene rings is 1. The van der Waals surface area contributed by atoms with E-state index in [2.05, 4.69) is 20.5 Å². The van der Waals surface area contributed by atoms with Gasteiger partial charge in [0, 0.05) is 23.0 Å². The van der Waals surface area contributed by atoms with Gasteiger partial charge in [-0.15, -0.1) is 21.5 Å². The van der Waals surface area contributed by atoms with Crippen LogP contribution in [-0.4, -0.2) is 25.5 Å². The molecule has 8 heteroatoms. The molecule has 3 heterocycles. The predicted molar refractivity (Wildman–Crippen MR) is 102 cm³/mol. The van der Waals surface area contributed by atoms with E-state index < -0.39 is 0 Å². The van der Waals surface area contributed by atoms with Crippen molar-refractivity contribution in [1.29, 1.82) is 0 Å². The lowest BCUT2D eigenvalue weighted by atomic mass is 10.2. The highest BCUT2D eigenvalue weighted by molar-refractivity contribution is 7.09. The predicted octanol–water partition coefficient (Wildman–Crippen LogP) is 3.61. The Labute approximate surface area is 158 Å². The molecule has 0 aliphatic carbocycles. The summed E-state index contributed by atoms with van der Waals surface area (Å²) in [6.45, 7) is 0. The first-order valence-electron chi connectivity index (χ1n) is 7.95. The molecular formula is C18H14ClN5OS. The summed E-state index contributed by atoms with van der Waals surface area (Å²) in [6.07, 6.45) is 2.69. The highest BCUT2D eigenvalue weighted by Crippen LogP contribution is 2.18. The van der Waals surface area contributed by atoms with E-state index in [1.165, 1.54) is 11.3 Å². The summed E-state index contributed by atoms with van der Waals surface area (Å²) in [6, 6.07) is 13.2. The van der Waals surface area contributed by atoms with Gasteiger partial charge in [-0.1, -0.05) is 29.8 Å². The maximum atomic E-state index is 12.3. The second-order valence-electron chi connectivity index (χ2n) is 5.72. The van der Waals surface area contributed by atoms with Crippen LogP contribution in [0.2, 0.25) is 5.02 Å². The van der Waals surface area contributed by atoms with E-state index in [1.54, 1.807) is 10.6 Å². The van der Waals surface area contributed by atoms with Crippen LogP contribution in [-0.2, 0) is 17.6 Å². The van der Waals surface area contributed by atoms with Gasteiger partial charge < -0.3 is 0 Å². The molecule has 0 saturated carbocycles. The minimum absolute atomic E-state index is 0.178. The Balaban J connectivity index is 1.41. The zero-order valence-electron chi connectivity index (χ0n) is 13.6. The number of hydrogen-bond acceptors (Lipinski definition) is 5. The summed E-state index contributed by atoms with van der Waals surface area (Å²) in [4.78, 5) is 16.8. The topological polar surface area (TPSA) is 72.2 Å². The van der Waals surface area contributed by atoms with Crippen molar-refractivity contribution in [2.45, 2.75) is 12.8 Å². The zero-order chi connectivity index (χ0) is 17.9. The van der Waals surface area contributed by atoms with Gasteiger partial charge in [-0.05, 0) is 29.8 Å². The van der Waals surface area contributed by atoms with Crippen LogP contribution in [0.15, 0.2) is 54.0 Å². The maximum absolute atomic E-state index is 12.3. The second-order valence-corrected chi connectivity index (χ2v) is 7.10. The van der Waals surface area contributed by atoms with Gasteiger partial charge in [-0.25, -0.2) is 4.98 Å². The number of nitrogens with zero attached hydrogens (tertiary/aromatic N) is 4. The normalized spacial score (nSPS) is 11.0. The van der Waals surface area contributed by atoms with Crippen molar-refractivity contribution in [3.05, 3.63) is 75.3 Å². The van der Waals surface area contributed by atoms with E-state index in [0.29, 0.717) is 23.0 Å². The molecule has 1 amide bonds. The molecule has 0 aliphatic heterocycles. The molecule has 0 unspecified atom stereocenters. The van der Waals surface area contributed by atoms with Crippen molar-refractivity contribution in [3.63, 3.8) is 0 Å². The fourth-order valence-corrected chi connectivity index (χ4v) is 3.63. The molecule has 0 fully saturated rings. The average molecular weight is 384 g/mol. The Kier molecular flexibility index (Phi) is 4.64. The lowest BCUT2D eigenvalue weighted by Gasteiger charge is -2.02. The Morgan fingerprint density at radius 1 is 1.19 bits per heavy atom. The summed E-state index contributed by atoms with van der Waals surface area (Å²) in [5.41, 5.74) is 2.51. The minimum Gasteiger partial charge on any atom is -0.294 e. The molecule has 0 saturated heterocycles. The maximum Gasteiger partial charge on any atom is 0.235 e. The van der Waals surface area contributed by atoms with Crippen LogP contribution in [0.4, 0.5) is 5.95 Å². The summed E-state index contributed by atoms with van der Waals surface area (Å²) in [5.74, 6) is 0.225. The highest BCUT2D eigenvalue weighted by Gasteiger charge is 2.12. The van der Waals surface area contributed by atoms with Crippen LogP contribution in [0.25, 0.3) is 5.65 Å². The molecule has 6 nitrogen and oxygen atoms in total. The second kappa shape index (κ2) is 7.23. The van der Waals surface area contributed by atoms with E-state index in [-0.39, 0.29) is 12.3 Å². The number of aromatic nitrogens is 4. The van der Waals surface area contributed by atoms with Gasteiger partial charge in [0.25, 0.3) is 0 Å². The molecule has 1 N–H and O–H groups in total. The van der Waals surface area contributed by atoms with Crippen molar-refractivity contribution >= 4 is 40.4 Å². The largest absolute Gasteiger partial charge is 0.294 e. The quantitative estimate of drug-likeness (QED) is 0.571. The Hall–Kier alpha value is -2.77. The zero-order valence-corrected chi connectivity index (χ0v) is 15.2. The van der Waals surface area contributed by atoms with Gasteiger partial charge >= 0.3 is 0 Å². The van der Waals surface area contributed by atoms with Crippen LogP contribution < -0.4 is 5.32 Å². The summed E-state index contributed by atoms with van der Waals surface area (Å²) >= 11 is 7.55. The first-order valence-corrected chi connectivity index (χ1v) is 9.20. The number of nitrogens with one attached hydrogen (secondary N) is 1. The smallest absolute Gasteiger partial charge is 0.235 e. The van der Waals surface area contributed by atoms with Crippen molar-refractivity contribution in [3.8, 4) is 0 Å². The number of thiazole rings is 1. The molecule has 0 aliphatic rings. The Morgan fingerprint density at radius 3 is 3.00 bits per heavy atom. The third-order valence-electron chi connectivity index (χ3n) is 3.75. The number of anilines is 1. The Bertz CT molecular complexity index is 1070. The van der Waals surface area contributed by atoms with Crippen molar-refractivity contribution in [2.24, 2.45) is 0 Å². The number of fused-ring (bicyclic) bond motifs is 1. The molecule has 3 aromatic heterocycles. The van der Waals surface area contributed by atoms with Gasteiger partial charge in [0.05, 0.1) is 17.1 Å². The van der Waals surface area contributed by atoms with Gasteiger partial charge in [0.2, 0.25) is 11.9 Å². The van der Waals surface area contributed by atoms with Crippen molar-refractivity contribution in [2.75, 3.05) is 5.32 Å². The average Bonchev–Trinajstić information content (AvgIpc) is 3.22. The van der Waals surface area contributed by atoms with Crippen LogP contribution >= 0.6 is 22.9 Å². The molecule has 4 rings (SSSR count). The molecule has 26 heavy (non-hydrogen) atoms. The fraction of sp³-hybridized carbons (Fsp3) is 0.111. The number of carbonyl (C=O) groups excluding carboxylic acids is 1. The van der Waals surface area contributed by atoms with Crippen LogP contribution in [0.3, 0.4) is 0 Å². The summed E-state index contributed by atoms with van der Waals surface area (Å²) < 4.78 is 1.73. The standard InChI is InChI=1S/C18H14ClN5OS/c19-13-5-3-4-12(8-13)9-17-20-14(11-26-17)10-16(25)21-18-23-22-15-6-1-2-7-24(15)18/h1-8,11H,9-10H2,(H,21,23,25). The SMILES string of the molecule is O=C(Cc1csc(Cc2cccc(Cl)c2)n1)Nc1nnc2ccccn12. The highest BCUT2D eigenvalue weighted by atomic mass is 35.5. The number of carbonyl (C=O) groups is 1. The third-order valence-corrected chi connectivity index (χ3v) is 4.88. The lowest BCUT2D eigenvalue weighted by Crippen LogP contribution is -2.16. The molecule has 0 spiro atoms. The molecule has 0 atom stereocenters. The van der Waals surface area contributed by atoms with Crippen LogP contribution in [0.5, 0.6) is 0 Å².